The second-order valence-electron chi connectivity index (χ2n) is 4.05. The summed E-state index contributed by atoms with van der Waals surface area (Å²) in [5, 5.41) is 9.14. The maximum atomic E-state index is 11.4. The normalized spacial score (nSPS) is 14.6. The molecule has 20 heavy (non-hydrogen) atoms. The maximum absolute atomic E-state index is 11.4. The van der Waals surface area contributed by atoms with E-state index in [1.165, 1.54) is 0 Å². The number of hydrogen-bond acceptors (Lipinski definition) is 7. The first kappa shape index (κ1) is 21.0. The molecule has 0 aromatic rings. The van der Waals surface area contributed by atoms with Crippen LogP contribution in [0.4, 0.5) is 0 Å². The number of aliphatic hydroxyl groups excluding tert-OH is 1. The van der Waals surface area contributed by atoms with Crippen LogP contribution in [0.1, 0.15) is 6.42 Å². The smallest absolute Gasteiger partial charge is 0.267 e. The number of nitrogens with one attached hydrogen (secondary N) is 1. The first-order chi connectivity index (χ1) is 8.31. The van der Waals surface area contributed by atoms with Crippen molar-refractivity contribution in [2.75, 3.05) is 30.1 Å². The molecule has 0 aromatic carbocycles. The standard InChI is InChI=1S/C7H17NO8S3.Mt/c1-17(10,11)3-2-4-18(12,13)8-5-7(9)6-19(14,15)16;/h7-9H,2-6H2,1H3,(H,14,15,16);. The van der Waals surface area contributed by atoms with E-state index in [-0.39, 0.29) is 12.2 Å². The Hall–Kier alpha value is -1.27. The molecule has 0 bridgehead atoms. The van der Waals surface area contributed by atoms with Crippen LogP contribution >= 0.6 is 0 Å². The van der Waals surface area contributed by atoms with Crippen LogP contribution in [-0.4, -0.2) is 71.1 Å². The van der Waals surface area contributed by atoms with Gasteiger partial charge in [0.2, 0.25) is 10.0 Å². The zero-order valence-electron chi connectivity index (χ0n) is 10.9. The molecular weight excluding hydrogens is 600 g/mol. The Balaban J connectivity index is 0. The van der Waals surface area contributed by atoms with E-state index in [4.69, 9.17) is 9.66 Å². The quantitative estimate of drug-likeness (QED) is 0.242. The summed E-state index contributed by atoms with van der Waals surface area (Å²) in [6.45, 7) is -0.582. The SMILES string of the molecule is CS(=O)(=O)CCCS(=O)(=O)NCC(O)CS(=O)(=O)O.[Mt]. The van der Waals surface area contributed by atoms with Crippen LogP contribution in [0.15, 0.2) is 0 Å². The largest absolute Gasteiger partial charge is 0.391 e. The zero-order valence-corrected chi connectivity index (χ0v) is 19.9. The molecule has 3 N–H and O–H groups in total. The zero-order chi connectivity index (χ0) is 15.3. The van der Waals surface area contributed by atoms with Gasteiger partial charge in [-0.25, -0.2) is 21.6 Å². The summed E-state index contributed by atoms with van der Waals surface area (Å²) in [4.78, 5) is 0. The van der Waals surface area contributed by atoms with Gasteiger partial charge in [-0.1, -0.05) is 0 Å². The summed E-state index contributed by atoms with van der Waals surface area (Å²) < 4.78 is 75.4. The summed E-state index contributed by atoms with van der Waals surface area (Å²) in [5.41, 5.74) is 0. The average Bonchev–Trinajstić information content (AvgIpc) is 2.09. The molecule has 0 aliphatic carbocycles. The number of sulfonamides is 1. The van der Waals surface area contributed by atoms with Gasteiger partial charge in [-0.15, -0.1) is 0 Å². The Labute approximate surface area is 112 Å². The van der Waals surface area contributed by atoms with Crippen LogP contribution in [0, 0.1) is 0 Å². The van der Waals surface area contributed by atoms with Crippen molar-refractivity contribution < 1.29 is 34.9 Å². The van der Waals surface area contributed by atoms with Gasteiger partial charge in [0.25, 0.3) is 10.1 Å². The maximum Gasteiger partial charge on any atom is 0.267 e. The van der Waals surface area contributed by atoms with Crippen molar-refractivity contribution in [1.29, 1.82) is 0 Å². The van der Waals surface area contributed by atoms with E-state index < -0.39 is 54.1 Å². The van der Waals surface area contributed by atoms with Crippen molar-refractivity contribution >= 4 is 30.0 Å². The minimum absolute atomic E-state index is 0. The molecule has 9 nitrogen and oxygen atoms in total. The fourth-order valence-corrected chi connectivity index (χ4v) is 3.68. The van der Waals surface area contributed by atoms with E-state index >= 15 is 0 Å². The van der Waals surface area contributed by atoms with Crippen LogP contribution in [-0.2, 0) is 30.0 Å². The minimum Gasteiger partial charge on any atom is -0.391 e. The van der Waals surface area contributed by atoms with E-state index in [0.717, 1.165) is 6.26 Å². The predicted molar refractivity (Wildman–Crippen MR) is 68.5 cm³/mol. The Kier molecular flexibility index (Phi) is 7.88. The second kappa shape index (κ2) is 7.50. The van der Waals surface area contributed by atoms with E-state index in [9.17, 15) is 25.3 Å². The molecule has 0 heterocycles. The molecule has 1 atom stereocenters. The first-order valence-corrected chi connectivity index (χ1v) is 10.4. The Morgan fingerprint density at radius 3 is 1.95 bits per heavy atom. The molecule has 0 aromatic heterocycles. The van der Waals surface area contributed by atoms with Gasteiger partial charge in [0.05, 0.1) is 17.6 Å². The van der Waals surface area contributed by atoms with Gasteiger partial charge >= 0.3 is 0 Å². The van der Waals surface area contributed by atoms with Crippen molar-refractivity contribution in [1.82, 2.24) is 4.72 Å². The van der Waals surface area contributed by atoms with E-state index in [1.54, 1.807) is 0 Å². The number of sulfone groups is 1. The predicted octanol–water partition coefficient (Wildman–Crippen LogP) is -2.41. The van der Waals surface area contributed by atoms with Gasteiger partial charge in [-0.3, -0.25) is 4.55 Å². The summed E-state index contributed by atoms with van der Waals surface area (Å²) in [5.74, 6) is -1.74. The molecule has 0 spiro atoms. The van der Waals surface area contributed by atoms with Crippen LogP contribution in [0.3, 0.4) is 0 Å². The molecule has 0 fully saturated rings. The van der Waals surface area contributed by atoms with Crippen molar-refractivity contribution in [3.63, 3.8) is 0 Å². The fraction of sp³-hybridized carbons (Fsp3) is 1.00. The molecular formula is C7H17MtNO8S3. The Morgan fingerprint density at radius 2 is 1.55 bits per heavy atom. The van der Waals surface area contributed by atoms with E-state index in [0.29, 0.717) is 0 Å². The molecule has 0 saturated heterocycles. The molecule has 0 aliphatic rings. The molecule has 0 rings (SSSR count). The summed E-state index contributed by atoms with van der Waals surface area (Å²) >= 11 is 0. The average molecular weight is 617 g/mol. The second-order valence-corrected chi connectivity index (χ2v) is 9.74. The van der Waals surface area contributed by atoms with Crippen molar-refractivity contribution in [2.24, 2.45) is 0 Å². The molecule has 0 aliphatic heterocycles. The van der Waals surface area contributed by atoms with Gasteiger partial charge in [-0.05, 0) is 6.42 Å². The topological polar surface area (TPSA) is 155 Å². The number of rotatable bonds is 9. The van der Waals surface area contributed by atoms with Gasteiger partial charge in [0, 0.05) is 12.8 Å². The van der Waals surface area contributed by atoms with Crippen molar-refractivity contribution in [2.45, 2.75) is 12.5 Å². The third-order valence-corrected chi connectivity index (χ3v) is 5.14. The van der Waals surface area contributed by atoms with E-state index in [2.05, 4.69) is 0 Å². The summed E-state index contributed by atoms with van der Waals surface area (Å²) in [6.07, 6.45) is -0.717. The van der Waals surface area contributed by atoms with E-state index in [1.807, 2.05) is 4.72 Å². The van der Waals surface area contributed by atoms with Gasteiger partial charge in [0.15, 0.2) is 0 Å². The molecule has 118 valence electrons. The third kappa shape index (κ3) is 13.2. The van der Waals surface area contributed by atoms with Crippen LogP contribution in [0.25, 0.3) is 0 Å². The summed E-state index contributed by atoms with van der Waals surface area (Å²) in [7, 11) is -11.5. The third-order valence-electron chi connectivity index (χ3n) is 1.87. The molecule has 0 saturated carbocycles. The van der Waals surface area contributed by atoms with Gasteiger partial charge < -0.3 is 5.11 Å². The van der Waals surface area contributed by atoms with Gasteiger partial charge in [0.1, 0.15) is 15.6 Å². The van der Waals surface area contributed by atoms with Crippen LogP contribution in [0.5, 0.6) is 0 Å². The molecule has 1 unspecified atom stereocenters. The van der Waals surface area contributed by atoms with Crippen LogP contribution < -0.4 is 4.72 Å². The Bertz CT molecular complexity index is 582. The Morgan fingerprint density at radius 1 is 1.05 bits per heavy atom. The molecule has 13 heteroatoms. The summed E-state index contributed by atoms with van der Waals surface area (Å²) in [6, 6.07) is 0. The molecule has 0 amide bonds. The number of hydrogen-bond donors (Lipinski definition) is 3. The molecule has 0 radical (unpaired) electrons. The van der Waals surface area contributed by atoms with Gasteiger partial charge in [-0.2, -0.15) is 8.42 Å². The minimum atomic E-state index is -4.39. The van der Waals surface area contributed by atoms with Crippen molar-refractivity contribution in [3.8, 4) is 0 Å². The monoisotopic (exact) mass is 617 g/mol. The van der Waals surface area contributed by atoms with Crippen molar-refractivity contribution in [3.05, 3.63) is 0 Å². The number of aliphatic hydroxyl groups is 1. The fourth-order valence-electron chi connectivity index (χ4n) is 1.11. The van der Waals surface area contributed by atoms with Crippen LogP contribution in [0.2, 0.25) is 0 Å². The first-order valence-electron chi connectivity index (χ1n) is 5.09.